The van der Waals surface area contributed by atoms with E-state index in [1.54, 1.807) is 20.8 Å². The second kappa shape index (κ2) is 6.97. The number of hydrogen-bond acceptors (Lipinski definition) is 5. The lowest BCUT2D eigenvalue weighted by molar-refractivity contribution is 0.308. The standard InChI is InChI=1S/C15H22FNO5S2/c1-4-22-15-6-5-12(7-14(15)16)24(20,21)17-8-13(9-17)23(18,19)10-11(2)3/h5-7,11,13H,4,8-10H2,1-3H3. The quantitative estimate of drug-likeness (QED) is 0.720. The molecule has 0 aromatic heterocycles. The van der Waals surface area contributed by atoms with Crippen LogP contribution in [-0.2, 0) is 19.9 Å². The van der Waals surface area contributed by atoms with Crippen molar-refractivity contribution in [3.05, 3.63) is 24.0 Å². The average Bonchev–Trinajstić information content (AvgIpc) is 2.36. The molecule has 0 radical (unpaired) electrons. The summed E-state index contributed by atoms with van der Waals surface area (Å²) >= 11 is 0. The van der Waals surface area contributed by atoms with Crippen molar-refractivity contribution in [1.82, 2.24) is 4.31 Å². The zero-order chi connectivity index (χ0) is 18.1. The van der Waals surface area contributed by atoms with E-state index in [-0.39, 0.29) is 42.0 Å². The van der Waals surface area contributed by atoms with Crippen LogP contribution >= 0.6 is 0 Å². The van der Waals surface area contributed by atoms with Gasteiger partial charge in [-0.2, -0.15) is 4.31 Å². The molecule has 0 spiro atoms. The van der Waals surface area contributed by atoms with E-state index < -0.39 is 30.9 Å². The molecule has 24 heavy (non-hydrogen) atoms. The van der Waals surface area contributed by atoms with Gasteiger partial charge < -0.3 is 4.74 Å². The molecule has 0 bridgehead atoms. The Bertz CT molecular complexity index is 799. The highest BCUT2D eigenvalue weighted by Gasteiger charge is 2.43. The van der Waals surface area contributed by atoms with Gasteiger partial charge in [0.25, 0.3) is 0 Å². The molecule has 1 heterocycles. The fraction of sp³-hybridized carbons (Fsp3) is 0.600. The van der Waals surface area contributed by atoms with Gasteiger partial charge in [-0.3, -0.25) is 0 Å². The molecule has 1 aromatic rings. The molecule has 9 heteroatoms. The van der Waals surface area contributed by atoms with E-state index in [9.17, 15) is 21.2 Å². The van der Waals surface area contributed by atoms with E-state index in [0.717, 1.165) is 10.4 Å². The van der Waals surface area contributed by atoms with Gasteiger partial charge in [0.15, 0.2) is 21.4 Å². The van der Waals surface area contributed by atoms with Crippen molar-refractivity contribution in [3.8, 4) is 5.75 Å². The van der Waals surface area contributed by atoms with Crippen LogP contribution in [0.2, 0.25) is 0 Å². The van der Waals surface area contributed by atoms with E-state index in [1.165, 1.54) is 12.1 Å². The molecule has 6 nitrogen and oxygen atoms in total. The second-order valence-corrected chi connectivity index (χ2v) is 10.5. The normalized spacial score (nSPS) is 17.0. The Morgan fingerprint density at radius 1 is 1.25 bits per heavy atom. The third-order valence-electron chi connectivity index (χ3n) is 3.73. The highest BCUT2D eigenvalue weighted by Crippen LogP contribution is 2.28. The zero-order valence-corrected chi connectivity index (χ0v) is 15.5. The molecular formula is C15H22FNO5S2. The van der Waals surface area contributed by atoms with Crippen molar-refractivity contribution < 1.29 is 26.0 Å². The van der Waals surface area contributed by atoms with Crippen molar-refractivity contribution in [3.63, 3.8) is 0 Å². The molecule has 1 aliphatic heterocycles. The minimum absolute atomic E-state index is 0.0131. The van der Waals surface area contributed by atoms with Crippen molar-refractivity contribution in [2.75, 3.05) is 25.4 Å². The van der Waals surface area contributed by atoms with Crippen molar-refractivity contribution in [2.45, 2.75) is 30.9 Å². The molecule has 136 valence electrons. The van der Waals surface area contributed by atoms with Gasteiger partial charge in [-0.1, -0.05) is 13.8 Å². The van der Waals surface area contributed by atoms with Gasteiger partial charge in [0.05, 0.1) is 22.5 Å². The summed E-state index contributed by atoms with van der Waals surface area (Å²) in [5.41, 5.74) is 0. The maximum Gasteiger partial charge on any atom is 0.243 e. The molecule has 1 saturated heterocycles. The van der Waals surface area contributed by atoms with Gasteiger partial charge in [0, 0.05) is 13.1 Å². The Kier molecular flexibility index (Phi) is 5.56. The SMILES string of the molecule is CCOc1ccc(S(=O)(=O)N2CC(S(=O)(=O)CC(C)C)C2)cc1F. The molecule has 1 aromatic carbocycles. The number of sulfone groups is 1. The average molecular weight is 379 g/mol. The minimum Gasteiger partial charge on any atom is -0.491 e. The van der Waals surface area contributed by atoms with Crippen LogP contribution in [0.5, 0.6) is 5.75 Å². The van der Waals surface area contributed by atoms with E-state index in [0.29, 0.717) is 0 Å². The summed E-state index contributed by atoms with van der Waals surface area (Å²) in [5.74, 6) is -0.760. The van der Waals surface area contributed by atoms with Gasteiger partial charge in [0.1, 0.15) is 0 Å². The number of benzene rings is 1. The maximum atomic E-state index is 13.9. The molecule has 2 rings (SSSR count). The fourth-order valence-corrected chi connectivity index (χ4v) is 6.24. The Hall–Kier alpha value is -1.19. The summed E-state index contributed by atoms with van der Waals surface area (Å²) in [6.07, 6.45) is 0. The molecule has 0 N–H and O–H groups in total. The van der Waals surface area contributed by atoms with Crippen LogP contribution < -0.4 is 4.74 Å². The summed E-state index contributed by atoms with van der Waals surface area (Å²) in [7, 11) is -7.23. The topological polar surface area (TPSA) is 80.8 Å². The Balaban J connectivity index is 2.12. The van der Waals surface area contributed by atoms with Gasteiger partial charge in [-0.25, -0.2) is 21.2 Å². The zero-order valence-electron chi connectivity index (χ0n) is 13.9. The number of rotatable bonds is 7. The number of ether oxygens (including phenoxy) is 1. The van der Waals surface area contributed by atoms with Gasteiger partial charge in [-0.15, -0.1) is 0 Å². The summed E-state index contributed by atoms with van der Waals surface area (Å²) in [6, 6.07) is 3.42. The van der Waals surface area contributed by atoms with E-state index >= 15 is 0 Å². The van der Waals surface area contributed by atoms with Crippen LogP contribution in [-0.4, -0.2) is 51.8 Å². The molecule has 1 aliphatic rings. The highest BCUT2D eigenvalue weighted by atomic mass is 32.2. The molecule has 0 amide bonds. The van der Waals surface area contributed by atoms with Crippen LogP contribution in [0, 0.1) is 11.7 Å². The van der Waals surface area contributed by atoms with Crippen LogP contribution in [0.25, 0.3) is 0 Å². The number of hydrogen-bond donors (Lipinski definition) is 0. The predicted octanol–water partition coefficient (Wildman–Crippen LogP) is 1.67. The van der Waals surface area contributed by atoms with Crippen molar-refractivity contribution in [2.24, 2.45) is 5.92 Å². The fourth-order valence-electron chi connectivity index (χ4n) is 2.49. The monoisotopic (exact) mass is 379 g/mol. The lowest BCUT2D eigenvalue weighted by Crippen LogP contribution is -2.57. The van der Waals surface area contributed by atoms with Crippen LogP contribution in [0.1, 0.15) is 20.8 Å². The summed E-state index contributed by atoms with van der Waals surface area (Å²) < 4.78 is 69.1. The largest absolute Gasteiger partial charge is 0.491 e. The second-order valence-electron chi connectivity index (χ2n) is 6.19. The molecule has 1 fully saturated rings. The van der Waals surface area contributed by atoms with Crippen molar-refractivity contribution in [1.29, 1.82) is 0 Å². The van der Waals surface area contributed by atoms with Gasteiger partial charge in [-0.05, 0) is 31.0 Å². The minimum atomic E-state index is -3.90. The van der Waals surface area contributed by atoms with Gasteiger partial charge >= 0.3 is 0 Å². The first kappa shape index (κ1) is 19.1. The van der Waals surface area contributed by atoms with E-state index in [1.807, 2.05) is 0 Å². The first-order valence-electron chi connectivity index (χ1n) is 7.72. The molecule has 0 atom stereocenters. The van der Waals surface area contributed by atoms with Crippen LogP contribution in [0.15, 0.2) is 23.1 Å². The molecule has 0 aliphatic carbocycles. The molecular weight excluding hydrogens is 357 g/mol. The first-order valence-corrected chi connectivity index (χ1v) is 10.9. The van der Waals surface area contributed by atoms with E-state index in [2.05, 4.69) is 0 Å². The lowest BCUT2D eigenvalue weighted by Gasteiger charge is -2.37. The Morgan fingerprint density at radius 3 is 2.38 bits per heavy atom. The van der Waals surface area contributed by atoms with Gasteiger partial charge in [0.2, 0.25) is 10.0 Å². The summed E-state index contributed by atoms with van der Waals surface area (Å²) in [5, 5.41) is -0.692. The third-order valence-corrected chi connectivity index (χ3v) is 8.00. The van der Waals surface area contributed by atoms with Crippen LogP contribution in [0.4, 0.5) is 4.39 Å². The maximum absolute atomic E-state index is 13.9. The number of halogens is 1. The van der Waals surface area contributed by atoms with Crippen LogP contribution in [0.3, 0.4) is 0 Å². The lowest BCUT2D eigenvalue weighted by atomic mass is 10.3. The highest BCUT2D eigenvalue weighted by molar-refractivity contribution is 7.92. The van der Waals surface area contributed by atoms with Crippen molar-refractivity contribution >= 4 is 19.9 Å². The molecule has 0 saturated carbocycles. The van der Waals surface area contributed by atoms with E-state index in [4.69, 9.17) is 4.74 Å². The smallest absolute Gasteiger partial charge is 0.243 e. The predicted molar refractivity (Wildman–Crippen MR) is 88.7 cm³/mol. The first-order chi connectivity index (χ1) is 11.1. The Labute approximate surface area is 142 Å². The summed E-state index contributed by atoms with van der Waals surface area (Å²) in [4.78, 5) is -0.205. The number of sulfonamides is 1. The Morgan fingerprint density at radius 2 is 1.88 bits per heavy atom. The molecule has 0 unspecified atom stereocenters. The third kappa shape index (κ3) is 3.89. The summed E-state index contributed by atoms with van der Waals surface area (Å²) in [6.45, 7) is 5.38. The number of nitrogens with zero attached hydrogens (tertiary/aromatic N) is 1.